The highest BCUT2D eigenvalue weighted by atomic mass is 19.4. The molecule has 0 unspecified atom stereocenters. The van der Waals surface area contributed by atoms with Gasteiger partial charge in [-0.2, -0.15) is 13.2 Å². The van der Waals surface area contributed by atoms with E-state index in [-0.39, 0.29) is 18.4 Å². The number of imidazole rings is 1. The van der Waals surface area contributed by atoms with E-state index in [2.05, 4.69) is 33.6 Å². The van der Waals surface area contributed by atoms with Gasteiger partial charge >= 0.3 is 6.18 Å². The van der Waals surface area contributed by atoms with Crippen LogP contribution in [0.3, 0.4) is 0 Å². The summed E-state index contributed by atoms with van der Waals surface area (Å²) in [5, 5.41) is 6.87. The van der Waals surface area contributed by atoms with E-state index in [1.807, 2.05) is 16.7 Å². The molecule has 0 amide bonds. The third-order valence-electron chi connectivity index (χ3n) is 7.70. The fourth-order valence-electron chi connectivity index (χ4n) is 5.36. The first-order valence-corrected chi connectivity index (χ1v) is 12.8. The van der Waals surface area contributed by atoms with Crippen LogP contribution < -0.4 is 10.6 Å². The first-order chi connectivity index (χ1) is 18.3. The molecule has 38 heavy (non-hydrogen) atoms. The van der Waals surface area contributed by atoms with E-state index in [9.17, 15) is 18.0 Å². The lowest BCUT2D eigenvalue weighted by atomic mass is 9.80. The minimum atomic E-state index is -4.41. The molecule has 2 N–H and O–H groups in total. The van der Waals surface area contributed by atoms with Gasteiger partial charge in [-0.1, -0.05) is 36.8 Å². The standard InChI is InChI=1S/C28H27F3N6O/c1-16(18-4-2-5-18)33-25-24-26(35-23(15-38)34-25)36-27(21-7-3-6-19-12-32-13-22(19)21)37(24)14-17-8-10-20(11-9-17)28(29,30)31/h3,6-11,15-16,18,32H,2,4-5,12-14H2,1H3,(H,33,34,35)/t16-/m1/s1. The molecular formula is C28H27F3N6O. The lowest BCUT2D eigenvalue weighted by Crippen LogP contribution is -2.31. The Labute approximate surface area is 217 Å². The average molecular weight is 521 g/mol. The van der Waals surface area contributed by atoms with Crippen molar-refractivity contribution in [3.8, 4) is 11.4 Å². The van der Waals surface area contributed by atoms with Crippen LogP contribution in [0.25, 0.3) is 22.6 Å². The number of alkyl halides is 3. The van der Waals surface area contributed by atoms with Gasteiger partial charge in [-0.15, -0.1) is 0 Å². The molecule has 1 atom stereocenters. The van der Waals surface area contributed by atoms with E-state index in [1.165, 1.54) is 24.1 Å². The van der Waals surface area contributed by atoms with Crippen molar-refractivity contribution in [3.05, 3.63) is 70.5 Å². The summed E-state index contributed by atoms with van der Waals surface area (Å²) < 4.78 is 41.5. The van der Waals surface area contributed by atoms with Crippen LogP contribution in [0, 0.1) is 5.92 Å². The van der Waals surface area contributed by atoms with E-state index in [4.69, 9.17) is 4.98 Å². The number of benzene rings is 2. The average Bonchev–Trinajstić information content (AvgIpc) is 3.47. The molecule has 6 rings (SSSR count). The molecule has 2 aromatic carbocycles. The van der Waals surface area contributed by atoms with Crippen LogP contribution in [-0.4, -0.2) is 31.8 Å². The van der Waals surface area contributed by atoms with Crippen molar-refractivity contribution < 1.29 is 18.0 Å². The van der Waals surface area contributed by atoms with Crippen LogP contribution in [-0.2, 0) is 25.8 Å². The number of carbonyl (C=O) groups is 1. The van der Waals surface area contributed by atoms with Gasteiger partial charge in [0.25, 0.3) is 0 Å². The van der Waals surface area contributed by atoms with Crippen molar-refractivity contribution in [2.45, 2.75) is 58.0 Å². The molecule has 1 aliphatic heterocycles. The van der Waals surface area contributed by atoms with E-state index in [0.29, 0.717) is 47.1 Å². The van der Waals surface area contributed by atoms with Crippen LogP contribution in [0.4, 0.5) is 19.0 Å². The molecule has 7 nitrogen and oxygen atoms in total. The Hall–Kier alpha value is -3.79. The third-order valence-corrected chi connectivity index (χ3v) is 7.70. The van der Waals surface area contributed by atoms with Crippen LogP contribution in [0.15, 0.2) is 42.5 Å². The predicted molar refractivity (Wildman–Crippen MR) is 138 cm³/mol. The Kier molecular flexibility index (Phi) is 6.14. The summed E-state index contributed by atoms with van der Waals surface area (Å²) in [5.41, 5.74) is 4.20. The summed E-state index contributed by atoms with van der Waals surface area (Å²) >= 11 is 0. The molecule has 196 valence electrons. The zero-order valence-electron chi connectivity index (χ0n) is 20.8. The highest BCUT2D eigenvalue weighted by Gasteiger charge is 2.31. The number of rotatable bonds is 7. The molecule has 0 bridgehead atoms. The summed E-state index contributed by atoms with van der Waals surface area (Å²) in [6, 6.07) is 11.3. The molecule has 4 aromatic rings. The summed E-state index contributed by atoms with van der Waals surface area (Å²) in [6.45, 7) is 3.80. The number of hydrogen-bond acceptors (Lipinski definition) is 6. The number of fused-ring (bicyclic) bond motifs is 2. The van der Waals surface area contributed by atoms with Gasteiger partial charge < -0.3 is 15.2 Å². The Bertz CT molecular complexity index is 1510. The minimum Gasteiger partial charge on any atom is -0.365 e. The first kappa shape index (κ1) is 24.5. The maximum atomic E-state index is 13.2. The van der Waals surface area contributed by atoms with Crippen LogP contribution in [0.2, 0.25) is 0 Å². The summed E-state index contributed by atoms with van der Waals surface area (Å²) in [4.78, 5) is 25.5. The second-order valence-electron chi connectivity index (χ2n) is 10.1. The van der Waals surface area contributed by atoms with Crippen molar-refractivity contribution in [1.82, 2.24) is 24.8 Å². The minimum absolute atomic E-state index is 0.0338. The van der Waals surface area contributed by atoms with Gasteiger partial charge in [0.2, 0.25) is 0 Å². The van der Waals surface area contributed by atoms with Gasteiger partial charge in [0.15, 0.2) is 23.6 Å². The first-order valence-electron chi connectivity index (χ1n) is 12.8. The normalized spacial score (nSPS) is 16.3. The fraction of sp³-hybridized carbons (Fsp3) is 0.357. The number of hydrogen-bond donors (Lipinski definition) is 2. The smallest absolute Gasteiger partial charge is 0.365 e. The number of carbonyl (C=O) groups excluding carboxylic acids is 1. The number of anilines is 1. The maximum Gasteiger partial charge on any atom is 0.416 e. The van der Waals surface area contributed by atoms with Crippen LogP contribution in [0.1, 0.15) is 59.1 Å². The zero-order valence-corrected chi connectivity index (χ0v) is 20.8. The van der Waals surface area contributed by atoms with Crippen LogP contribution in [0.5, 0.6) is 0 Å². The summed E-state index contributed by atoms with van der Waals surface area (Å²) in [5.74, 6) is 1.69. The van der Waals surface area contributed by atoms with Gasteiger partial charge in [0.05, 0.1) is 5.56 Å². The zero-order chi connectivity index (χ0) is 26.4. The lowest BCUT2D eigenvalue weighted by molar-refractivity contribution is -0.137. The van der Waals surface area contributed by atoms with E-state index < -0.39 is 11.7 Å². The van der Waals surface area contributed by atoms with Crippen molar-refractivity contribution in [3.63, 3.8) is 0 Å². The van der Waals surface area contributed by atoms with E-state index in [0.717, 1.165) is 42.6 Å². The monoisotopic (exact) mass is 520 g/mol. The number of nitrogens with zero attached hydrogens (tertiary/aromatic N) is 4. The molecule has 1 fully saturated rings. The molecule has 10 heteroatoms. The largest absolute Gasteiger partial charge is 0.416 e. The number of aldehydes is 1. The molecule has 2 aliphatic rings. The lowest BCUT2D eigenvalue weighted by Gasteiger charge is -2.32. The van der Waals surface area contributed by atoms with Crippen molar-refractivity contribution >= 4 is 23.3 Å². The van der Waals surface area contributed by atoms with Gasteiger partial charge in [0.1, 0.15) is 11.3 Å². The molecule has 3 heterocycles. The Morgan fingerprint density at radius 1 is 1.11 bits per heavy atom. The predicted octanol–water partition coefficient (Wildman–Crippen LogP) is 5.58. The molecule has 0 spiro atoms. The SMILES string of the molecule is C[C@@H](Nc1nc(C=O)nc2nc(-c3cccc4c3CNC4)n(Cc3ccc(C(F)(F)F)cc3)c12)C1CCC1. The molecular weight excluding hydrogens is 493 g/mol. The number of nitrogens with one attached hydrogen (secondary N) is 2. The Balaban J connectivity index is 1.52. The molecule has 2 aromatic heterocycles. The highest BCUT2D eigenvalue weighted by molar-refractivity contribution is 5.90. The van der Waals surface area contributed by atoms with Gasteiger partial charge in [-0.05, 0) is 54.5 Å². The van der Waals surface area contributed by atoms with E-state index in [1.54, 1.807) is 0 Å². The van der Waals surface area contributed by atoms with E-state index >= 15 is 0 Å². The van der Waals surface area contributed by atoms with Crippen molar-refractivity contribution in [2.24, 2.45) is 5.92 Å². The molecule has 0 radical (unpaired) electrons. The quantitative estimate of drug-likeness (QED) is 0.310. The number of halogens is 3. The molecule has 1 saturated carbocycles. The topological polar surface area (TPSA) is 84.7 Å². The molecule has 0 saturated heterocycles. The van der Waals surface area contributed by atoms with Crippen LogP contribution >= 0.6 is 0 Å². The second-order valence-corrected chi connectivity index (χ2v) is 10.1. The van der Waals surface area contributed by atoms with Gasteiger partial charge in [0, 0.05) is 31.2 Å². The maximum absolute atomic E-state index is 13.2. The number of aromatic nitrogens is 4. The summed E-state index contributed by atoms with van der Waals surface area (Å²) in [6.07, 6.45) is -0.350. The fourth-order valence-corrected chi connectivity index (χ4v) is 5.36. The van der Waals surface area contributed by atoms with Crippen molar-refractivity contribution in [1.29, 1.82) is 0 Å². The highest BCUT2D eigenvalue weighted by Crippen LogP contribution is 2.36. The molecule has 1 aliphatic carbocycles. The third kappa shape index (κ3) is 4.42. The Morgan fingerprint density at radius 2 is 1.89 bits per heavy atom. The van der Waals surface area contributed by atoms with Gasteiger partial charge in [-0.25, -0.2) is 15.0 Å². The summed E-state index contributed by atoms with van der Waals surface area (Å²) in [7, 11) is 0. The Morgan fingerprint density at radius 3 is 2.58 bits per heavy atom. The van der Waals surface area contributed by atoms with Gasteiger partial charge in [-0.3, -0.25) is 4.79 Å². The second kappa shape index (κ2) is 9.50. The van der Waals surface area contributed by atoms with Crippen molar-refractivity contribution in [2.75, 3.05) is 5.32 Å².